The minimum absolute atomic E-state index is 0.539. The summed E-state index contributed by atoms with van der Waals surface area (Å²) in [6, 6.07) is 0. The Morgan fingerprint density at radius 1 is 0.944 bits per heavy atom. The first-order chi connectivity index (χ1) is 8.46. The second-order valence-electron chi connectivity index (χ2n) is 5.19. The van der Waals surface area contributed by atoms with E-state index in [1.54, 1.807) is 14.2 Å². The molecule has 0 aliphatic heterocycles. The number of rotatable bonds is 10. The van der Waals surface area contributed by atoms with Crippen LogP contribution in [0, 0.1) is 0 Å². The Balaban J connectivity index is 5.31. The summed E-state index contributed by atoms with van der Waals surface area (Å²) in [5.74, 6) is 0. The minimum atomic E-state index is -2.24. The van der Waals surface area contributed by atoms with Crippen LogP contribution in [-0.4, -0.2) is 36.3 Å². The fraction of sp³-hybridized carbons (Fsp3) is 1.00. The summed E-state index contributed by atoms with van der Waals surface area (Å²) in [4.78, 5) is 0. The molecular formula is C13H31O2PSSn. The van der Waals surface area contributed by atoms with Crippen molar-refractivity contribution < 1.29 is 9.05 Å². The molecule has 18 heavy (non-hydrogen) atoms. The molecule has 1 atom stereocenters. The van der Waals surface area contributed by atoms with Crippen molar-refractivity contribution in [2.75, 3.05) is 14.2 Å². The second kappa shape index (κ2) is 9.33. The van der Waals surface area contributed by atoms with Gasteiger partial charge < -0.3 is 0 Å². The molecule has 0 bridgehead atoms. The van der Waals surface area contributed by atoms with Crippen LogP contribution in [-0.2, 0) is 20.9 Å². The van der Waals surface area contributed by atoms with Gasteiger partial charge in [-0.2, -0.15) is 0 Å². The molecule has 0 aromatic carbocycles. The van der Waals surface area contributed by atoms with Crippen LogP contribution in [0.3, 0.4) is 0 Å². The Labute approximate surface area is 123 Å². The van der Waals surface area contributed by atoms with Crippen LogP contribution in [0.5, 0.6) is 0 Å². The van der Waals surface area contributed by atoms with Crippen molar-refractivity contribution in [3.63, 3.8) is 0 Å². The zero-order chi connectivity index (χ0) is 14.2. The Morgan fingerprint density at radius 3 is 1.50 bits per heavy atom. The molecule has 0 radical (unpaired) electrons. The SMILES string of the molecule is CC[CH2][Sn]([CH2]CC)([CH2]CC)[CH](C)P(=S)(OC)OC. The van der Waals surface area contributed by atoms with Gasteiger partial charge >= 0.3 is 124 Å². The van der Waals surface area contributed by atoms with Crippen molar-refractivity contribution in [1.82, 2.24) is 0 Å². The molecule has 0 saturated heterocycles. The van der Waals surface area contributed by atoms with Crippen molar-refractivity contribution in [3.8, 4) is 0 Å². The van der Waals surface area contributed by atoms with Gasteiger partial charge in [-0.05, 0) is 0 Å². The molecule has 0 heterocycles. The van der Waals surface area contributed by atoms with E-state index >= 15 is 0 Å². The summed E-state index contributed by atoms with van der Waals surface area (Å²) in [5, 5.41) is 0. The van der Waals surface area contributed by atoms with Crippen LogP contribution in [0.15, 0.2) is 0 Å². The molecule has 0 amide bonds. The summed E-state index contributed by atoms with van der Waals surface area (Å²) in [6.45, 7) is 7.22. The zero-order valence-electron chi connectivity index (χ0n) is 13.0. The van der Waals surface area contributed by atoms with E-state index in [1.165, 1.54) is 32.6 Å². The standard InChI is InChI=1S/C4H10O2PS.3C3H7.Sn/c1-4-7(8,5-2)6-3;3*1-3-2;/h4H,1-3H3;3*1,3H2,2H3;. The van der Waals surface area contributed by atoms with Crippen LogP contribution >= 0.6 is 6.49 Å². The van der Waals surface area contributed by atoms with Gasteiger partial charge in [0.1, 0.15) is 0 Å². The molecule has 0 aliphatic carbocycles. The molecule has 0 aromatic rings. The Bertz CT molecular complexity index is 249. The van der Waals surface area contributed by atoms with Gasteiger partial charge in [0.05, 0.1) is 0 Å². The summed E-state index contributed by atoms with van der Waals surface area (Å²) in [5.41, 5.74) is 0. The molecular weight excluding hydrogens is 370 g/mol. The average molecular weight is 401 g/mol. The van der Waals surface area contributed by atoms with Crippen LogP contribution < -0.4 is 0 Å². The Kier molecular flexibility index (Phi) is 10.0. The summed E-state index contributed by atoms with van der Waals surface area (Å²) < 4.78 is 16.1. The van der Waals surface area contributed by atoms with E-state index in [9.17, 15) is 0 Å². The van der Waals surface area contributed by atoms with Crippen LogP contribution in [0.1, 0.15) is 47.0 Å². The van der Waals surface area contributed by atoms with Crippen molar-refractivity contribution in [2.45, 2.75) is 63.9 Å². The molecule has 0 rings (SSSR count). The monoisotopic (exact) mass is 402 g/mol. The van der Waals surface area contributed by atoms with E-state index in [0.717, 1.165) is 0 Å². The first-order valence-corrected chi connectivity index (χ1v) is 17.6. The van der Waals surface area contributed by atoms with Crippen molar-refractivity contribution >= 4 is 36.7 Å². The van der Waals surface area contributed by atoms with Gasteiger partial charge in [-0.3, -0.25) is 0 Å². The zero-order valence-corrected chi connectivity index (χ0v) is 17.6. The van der Waals surface area contributed by atoms with Crippen LogP contribution in [0.25, 0.3) is 0 Å². The number of hydrogen-bond donors (Lipinski definition) is 0. The topological polar surface area (TPSA) is 18.5 Å². The second-order valence-corrected chi connectivity index (χ2v) is 25.2. The maximum absolute atomic E-state index is 5.74. The van der Waals surface area contributed by atoms with Gasteiger partial charge in [0.15, 0.2) is 0 Å². The third-order valence-electron chi connectivity index (χ3n) is 4.11. The predicted octanol–water partition coefficient (Wildman–Crippen LogP) is 5.20. The quantitative estimate of drug-likeness (QED) is 0.371. The molecule has 0 saturated carbocycles. The van der Waals surface area contributed by atoms with Gasteiger partial charge in [-0.1, -0.05) is 0 Å². The number of hydrogen-bond acceptors (Lipinski definition) is 3. The van der Waals surface area contributed by atoms with E-state index in [4.69, 9.17) is 20.9 Å². The van der Waals surface area contributed by atoms with E-state index in [-0.39, 0.29) is 0 Å². The van der Waals surface area contributed by atoms with Crippen molar-refractivity contribution in [2.24, 2.45) is 0 Å². The molecule has 110 valence electrons. The molecule has 0 fully saturated rings. The predicted molar refractivity (Wildman–Crippen MR) is 88.8 cm³/mol. The Hall–Kier alpha value is 1.37. The van der Waals surface area contributed by atoms with Gasteiger partial charge in [0, 0.05) is 0 Å². The summed E-state index contributed by atoms with van der Waals surface area (Å²) in [6.07, 6.45) is 3.88. The first-order valence-electron chi connectivity index (χ1n) is 7.17. The van der Waals surface area contributed by atoms with Crippen molar-refractivity contribution in [3.05, 3.63) is 0 Å². The van der Waals surface area contributed by atoms with Gasteiger partial charge in [-0.15, -0.1) is 0 Å². The maximum atomic E-state index is 5.74. The normalized spacial score (nSPS) is 14.8. The Morgan fingerprint density at radius 2 is 1.28 bits per heavy atom. The molecule has 0 spiro atoms. The van der Waals surface area contributed by atoms with E-state index in [2.05, 4.69) is 27.7 Å². The summed E-state index contributed by atoms with van der Waals surface area (Å²) in [7, 11) is 3.47. The first kappa shape index (κ1) is 19.4. The van der Waals surface area contributed by atoms with Gasteiger partial charge in [0.25, 0.3) is 0 Å². The molecule has 0 aromatic heterocycles. The molecule has 5 heteroatoms. The van der Waals surface area contributed by atoms with Gasteiger partial charge in [0.2, 0.25) is 0 Å². The third-order valence-corrected chi connectivity index (χ3v) is 34.0. The average Bonchev–Trinajstić information content (AvgIpc) is 2.37. The van der Waals surface area contributed by atoms with E-state index < -0.39 is 24.9 Å². The fourth-order valence-corrected chi connectivity index (χ4v) is 33.6. The summed E-state index contributed by atoms with van der Waals surface area (Å²) >= 11 is 3.50. The fourth-order valence-electron chi connectivity index (χ4n) is 3.22. The molecule has 0 N–H and O–H groups in total. The molecule has 2 nitrogen and oxygen atoms in total. The third kappa shape index (κ3) is 4.73. The molecule has 1 unspecified atom stereocenters. The van der Waals surface area contributed by atoms with Gasteiger partial charge in [-0.25, -0.2) is 0 Å². The van der Waals surface area contributed by atoms with E-state index in [0.29, 0.717) is 3.67 Å². The van der Waals surface area contributed by atoms with Crippen molar-refractivity contribution in [1.29, 1.82) is 0 Å². The van der Waals surface area contributed by atoms with Crippen LogP contribution in [0.4, 0.5) is 0 Å². The molecule has 0 aliphatic rings. The van der Waals surface area contributed by atoms with Crippen LogP contribution in [0.2, 0.25) is 13.3 Å². The van der Waals surface area contributed by atoms with E-state index in [1.807, 2.05) is 0 Å².